The van der Waals surface area contributed by atoms with Crippen molar-refractivity contribution in [1.29, 1.82) is 0 Å². The molecule has 32 heavy (non-hydrogen) atoms. The van der Waals surface area contributed by atoms with Gasteiger partial charge in [-0.05, 0) is 54.1 Å². The number of aromatic nitrogens is 2. The number of rotatable bonds is 3. The van der Waals surface area contributed by atoms with Gasteiger partial charge in [0, 0.05) is 24.0 Å². The van der Waals surface area contributed by atoms with Gasteiger partial charge in [-0.3, -0.25) is 0 Å². The summed E-state index contributed by atoms with van der Waals surface area (Å²) < 4.78 is 2.37. The number of likely N-dealkylation sites (N-methyl/N-ethyl adjacent to an activating group) is 1. The molecule has 0 unspecified atom stereocenters. The number of hydrogen-bond acceptors (Lipinski definition) is 5. The lowest BCUT2D eigenvalue weighted by molar-refractivity contribution is 1.12. The number of hydrogen-bond donors (Lipinski definition) is 0. The van der Waals surface area contributed by atoms with Crippen molar-refractivity contribution in [3.63, 3.8) is 0 Å². The molecular weight excluding hydrogens is 430 g/mol. The van der Waals surface area contributed by atoms with Crippen LogP contribution in [-0.2, 0) is 0 Å². The van der Waals surface area contributed by atoms with Gasteiger partial charge >= 0.3 is 0 Å². The van der Waals surface area contributed by atoms with Crippen LogP contribution in [0.25, 0.3) is 32.1 Å². The normalized spacial score (nSPS) is 14.3. The highest BCUT2D eigenvalue weighted by molar-refractivity contribution is 7.21. The molecule has 1 aliphatic rings. The summed E-state index contributed by atoms with van der Waals surface area (Å²) in [5, 5.41) is 1.98. The van der Waals surface area contributed by atoms with Gasteiger partial charge in [0.15, 0.2) is 0 Å². The van der Waals surface area contributed by atoms with Gasteiger partial charge in [0.05, 0.1) is 20.4 Å². The molecule has 0 amide bonds. The van der Waals surface area contributed by atoms with E-state index in [9.17, 15) is 0 Å². The topological polar surface area (TPSA) is 29.0 Å². The van der Waals surface area contributed by atoms with E-state index < -0.39 is 0 Å². The first-order chi connectivity index (χ1) is 15.8. The largest absolute Gasteiger partial charge is 0.344 e. The number of allylic oxidation sites excluding steroid dienone is 3. The molecule has 1 aliphatic heterocycles. The summed E-state index contributed by atoms with van der Waals surface area (Å²) in [5.74, 6) is 0. The fourth-order valence-corrected chi connectivity index (χ4v) is 5.95. The van der Waals surface area contributed by atoms with E-state index in [1.54, 1.807) is 22.7 Å². The Balaban J connectivity index is 1.49. The second-order valence-electron chi connectivity index (χ2n) is 7.60. The highest BCUT2D eigenvalue weighted by Crippen LogP contribution is 2.36. The maximum absolute atomic E-state index is 4.93. The minimum atomic E-state index is 0.991. The number of anilines is 1. The first-order valence-corrected chi connectivity index (χ1v) is 12.0. The van der Waals surface area contributed by atoms with Gasteiger partial charge in [0.2, 0.25) is 0 Å². The summed E-state index contributed by atoms with van der Waals surface area (Å²) in [6.45, 7) is 0. The lowest BCUT2D eigenvalue weighted by Crippen LogP contribution is -2.18. The summed E-state index contributed by atoms with van der Waals surface area (Å²) >= 11 is 3.42. The van der Waals surface area contributed by atoms with Gasteiger partial charge in [-0.1, -0.05) is 48.5 Å². The van der Waals surface area contributed by atoms with Crippen molar-refractivity contribution in [3.05, 3.63) is 112 Å². The summed E-state index contributed by atoms with van der Waals surface area (Å²) in [7, 11) is 2.11. The van der Waals surface area contributed by atoms with Gasteiger partial charge in [-0.2, -0.15) is 0 Å². The van der Waals surface area contributed by atoms with Crippen LogP contribution in [0, 0.1) is 0 Å². The first-order valence-electron chi connectivity index (χ1n) is 10.4. The van der Waals surface area contributed by atoms with Crippen LogP contribution in [0.1, 0.15) is 15.6 Å². The van der Waals surface area contributed by atoms with Gasteiger partial charge in [0.1, 0.15) is 10.0 Å². The average Bonchev–Trinajstić information content (AvgIpc) is 3.45. The van der Waals surface area contributed by atoms with E-state index >= 15 is 0 Å². The molecule has 5 heteroatoms. The third-order valence-electron chi connectivity index (χ3n) is 5.59. The van der Waals surface area contributed by atoms with Crippen LogP contribution in [-0.4, -0.2) is 17.0 Å². The summed E-state index contributed by atoms with van der Waals surface area (Å²) in [4.78, 5) is 12.1. The number of fused-ring (bicyclic) bond motifs is 3. The van der Waals surface area contributed by atoms with Gasteiger partial charge < -0.3 is 4.90 Å². The quantitative estimate of drug-likeness (QED) is 0.288. The van der Waals surface area contributed by atoms with Crippen molar-refractivity contribution in [2.75, 3.05) is 11.9 Å². The Morgan fingerprint density at radius 1 is 0.750 bits per heavy atom. The van der Waals surface area contributed by atoms with Crippen LogP contribution in [0.5, 0.6) is 0 Å². The fraction of sp³-hybridized carbons (Fsp3) is 0.0370. The second-order valence-corrected chi connectivity index (χ2v) is 9.66. The predicted molar refractivity (Wildman–Crippen MR) is 138 cm³/mol. The van der Waals surface area contributed by atoms with Crippen molar-refractivity contribution in [2.45, 2.75) is 0 Å². The molecule has 6 rings (SSSR count). The smallest absolute Gasteiger partial charge is 0.127 e. The maximum atomic E-state index is 4.93. The molecule has 5 aromatic rings. The van der Waals surface area contributed by atoms with E-state index in [1.165, 1.54) is 20.7 Å². The number of benzene rings is 3. The molecule has 0 bridgehead atoms. The van der Waals surface area contributed by atoms with Crippen LogP contribution in [0.4, 0.5) is 5.69 Å². The minimum absolute atomic E-state index is 0.991. The van der Waals surface area contributed by atoms with Gasteiger partial charge in [-0.25, -0.2) is 9.97 Å². The molecule has 0 atom stereocenters. The summed E-state index contributed by atoms with van der Waals surface area (Å²) in [5.41, 5.74) is 6.67. The molecule has 3 heterocycles. The molecule has 154 valence electrons. The Hall–Kier alpha value is -3.54. The molecule has 0 aliphatic carbocycles. The first kappa shape index (κ1) is 19.2. The van der Waals surface area contributed by atoms with Crippen molar-refractivity contribution in [1.82, 2.24) is 9.97 Å². The molecular formula is C27H19N3S2. The fourth-order valence-electron chi connectivity index (χ4n) is 3.90. The molecule has 0 fully saturated rings. The third kappa shape index (κ3) is 3.36. The Labute approximate surface area is 194 Å². The lowest BCUT2D eigenvalue weighted by Gasteiger charge is -2.26. The van der Waals surface area contributed by atoms with E-state index in [0.717, 1.165) is 32.3 Å². The maximum Gasteiger partial charge on any atom is 0.127 e. The van der Waals surface area contributed by atoms with E-state index in [0.29, 0.717) is 0 Å². The molecule has 3 aromatic carbocycles. The van der Waals surface area contributed by atoms with Crippen molar-refractivity contribution in [3.8, 4) is 0 Å². The highest BCUT2D eigenvalue weighted by atomic mass is 32.1. The summed E-state index contributed by atoms with van der Waals surface area (Å²) in [6.07, 6.45) is 8.66. The van der Waals surface area contributed by atoms with Crippen LogP contribution in [0.2, 0.25) is 0 Å². The van der Waals surface area contributed by atoms with E-state index in [-0.39, 0.29) is 0 Å². The zero-order valence-corrected chi connectivity index (χ0v) is 19.0. The van der Waals surface area contributed by atoms with Crippen molar-refractivity contribution < 1.29 is 0 Å². The molecule has 0 spiro atoms. The van der Waals surface area contributed by atoms with Crippen LogP contribution in [0.15, 0.2) is 96.7 Å². The van der Waals surface area contributed by atoms with Gasteiger partial charge in [0.25, 0.3) is 0 Å². The lowest BCUT2D eigenvalue weighted by atomic mass is 10.1. The second kappa shape index (κ2) is 7.86. The predicted octanol–water partition coefficient (Wildman–Crippen LogP) is 7.38. The number of para-hydroxylation sites is 3. The number of nitrogens with zero attached hydrogens (tertiary/aromatic N) is 3. The molecule has 3 nitrogen and oxygen atoms in total. The van der Waals surface area contributed by atoms with Crippen LogP contribution < -0.4 is 4.90 Å². The Morgan fingerprint density at radius 3 is 2.00 bits per heavy atom. The SMILES string of the molecule is CN1C(=CC=C(c2nc3ccccc3s2)c2nc3ccccc3s2)C=Cc2ccccc21. The van der Waals surface area contributed by atoms with Crippen molar-refractivity contribution in [2.24, 2.45) is 0 Å². The molecule has 0 radical (unpaired) electrons. The molecule has 0 saturated carbocycles. The molecule has 2 aromatic heterocycles. The standard InChI is InChI=1S/C27H19N3S2/c1-30-19(15-14-18-8-2-5-11-23(18)30)16-17-20(26-28-21-9-3-6-12-24(21)31-26)27-29-22-10-4-7-13-25(22)32-27/h2-17H,1H3. The highest BCUT2D eigenvalue weighted by Gasteiger charge is 2.16. The molecule has 0 saturated heterocycles. The zero-order valence-electron chi connectivity index (χ0n) is 17.4. The van der Waals surface area contributed by atoms with E-state index in [4.69, 9.17) is 9.97 Å². The monoisotopic (exact) mass is 449 g/mol. The van der Waals surface area contributed by atoms with Crippen LogP contribution >= 0.6 is 22.7 Å². The Morgan fingerprint density at radius 2 is 1.34 bits per heavy atom. The molecule has 0 N–H and O–H groups in total. The zero-order chi connectivity index (χ0) is 21.5. The van der Waals surface area contributed by atoms with E-state index in [2.05, 4.69) is 96.9 Å². The van der Waals surface area contributed by atoms with Crippen molar-refractivity contribution >= 4 is 60.4 Å². The minimum Gasteiger partial charge on any atom is -0.344 e. The van der Waals surface area contributed by atoms with E-state index in [1.807, 2.05) is 12.1 Å². The number of thiazole rings is 2. The van der Waals surface area contributed by atoms with Crippen LogP contribution in [0.3, 0.4) is 0 Å². The summed E-state index contributed by atoms with van der Waals surface area (Å²) in [6, 6.07) is 25.0. The Bertz CT molecular complexity index is 1410. The average molecular weight is 450 g/mol. The third-order valence-corrected chi connectivity index (χ3v) is 7.73. The Kier molecular flexibility index (Phi) is 4.71. The van der Waals surface area contributed by atoms with Gasteiger partial charge in [-0.15, -0.1) is 22.7 Å².